The van der Waals surface area contributed by atoms with Crippen molar-refractivity contribution in [3.05, 3.63) is 60.7 Å². The number of alkyl halides is 2. The molecule has 23 heavy (non-hydrogen) atoms. The van der Waals surface area contributed by atoms with Crippen molar-refractivity contribution in [2.24, 2.45) is 0 Å². The maximum Gasteiger partial charge on any atom is 0.372 e. The van der Waals surface area contributed by atoms with Gasteiger partial charge in [0, 0.05) is 17.0 Å². The van der Waals surface area contributed by atoms with Gasteiger partial charge in [-0.1, -0.05) is 36.4 Å². The van der Waals surface area contributed by atoms with Gasteiger partial charge in [-0.2, -0.15) is 17.2 Å². The molecular weight excluding hydrogens is 324 g/mol. The van der Waals surface area contributed by atoms with Crippen molar-refractivity contribution >= 4 is 21.0 Å². The smallest absolute Gasteiger partial charge is 0.372 e. The van der Waals surface area contributed by atoms with E-state index in [1.807, 2.05) is 42.5 Å². The molecule has 4 nitrogen and oxygen atoms in total. The summed E-state index contributed by atoms with van der Waals surface area (Å²) in [5.74, 6) is -3.79. The molecule has 0 aliphatic heterocycles. The fraction of sp³-hybridized carbons (Fsp3) is 0.0625. The third kappa shape index (κ3) is 3.29. The highest BCUT2D eigenvalue weighted by atomic mass is 32.2. The second-order valence-electron chi connectivity index (χ2n) is 4.75. The Labute approximate surface area is 131 Å². The Kier molecular flexibility index (Phi) is 3.96. The predicted molar refractivity (Wildman–Crippen MR) is 82.7 cm³/mol. The van der Waals surface area contributed by atoms with Crippen LogP contribution in [0.3, 0.4) is 0 Å². The molecule has 7 heteroatoms. The zero-order chi connectivity index (χ0) is 16.4. The number of halogens is 2. The number of hydrogen-bond donors (Lipinski definition) is 0. The second kappa shape index (κ2) is 5.92. The molecule has 0 bridgehead atoms. The molecule has 0 atom stereocenters. The highest BCUT2D eigenvalue weighted by Gasteiger charge is 2.26. The van der Waals surface area contributed by atoms with E-state index in [1.165, 1.54) is 12.1 Å². The van der Waals surface area contributed by atoms with E-state index in [4.69, 9.17) is 0 Å². The molecule has 1 heterocycles. The van der Waals surface area contributed by atoms with E-state index in [9.17, 15) is 17.2 Å². The second-order valence-corrected chi connectivity index (χ2v) is 6.26. The Balaban J connectivity index is 2.02. The SMILES string of the molecule is O=S(=O)(Oc1ccc2ccc(-c3ccccc3)nc2c1)C(F)F. The van der Waals surface area contributed by atoms with Gasteiger partial charge in [0.25, 0.3) is 0 Å². The highest BCUT2D eigenvalue weighted by molar-refractivity contribution is 7.87. The Morgan fingerprint density at radius 1 is 0.957 bits per heavy atom. The van der Waals surface area contributed by atoms with Gasteiger partial charge in [0.15, 0.2) is 0 Å². The fourth-order valence-electron chi connectivity index (χ4n) is 2.09. The first-order valence-corrected chi connectivity index (χ1v) is 8.10. The van der Waals surface area contributed by atoms with Gasteiger partial charge < -0.3 is 4.18 Å². The van der Waals surface area contributed by atoms with Gasteiger partial charge in [0.05, 0.1) is 11.2 Å². The van der Waals surface area contributed by atoms with E-state index in [0.29, 0.717) is 11.2 Å². The van der Waals surface area contributed by atoms with Crippen LogP contribution >= 0.6 is 0 Å². The first-order chi connectivity index (χ1) is 11.0. The van der Waals surface area contributed by atoms with Gasteiger partial charge in [0.2, 0.25) is 0 Å². The zero-order valence-corrected chi connectivity index (χ0v) is 12.5. The summed E-state index contributed by atoms with van der Waals surface area (Å²) in [6.07, 6.45) is 0. The molecule has 0 N–H and O–H groups in total. The minimum absolute atomic E-state index is 0.199. The summed E-state index contributed by atoms with van der Waals surface area (Å²) in [7, 11) is -4.94. The first kappa shape index (κ1) is 15.4. The monoisotopic (exact) mass is 335 g/mol. The van der Waals surface area contributed by atoms with E-state index in [0.717, 1.165) is 10.9 Å². The summed E-state index contributed by atoms with van der Waals surface area (Å²) in [5.41, 5.74) is 2.03. The van der Waals surface area contributed by atoms with Crippen LogP contribution in [0.1, 0.15) is 0 Å². The fourth-order valence-corrected chi connectivity index (χ4v) is 2.53. The molecule has 0 radical (unpaired) electrons. The minimum Gasteiger partial charge on any atom is -0.378 e. The normalized spacial score (nSPS) is 11.8. The van der Waals surface area contributed by atoms with Crippen LogP contribution in [0.2, 0.25) is 0 Å². The topological polar surface area (TPSA) is 56.3 Å². The minimum atomic E-state index is -4.94. The largest absolute Gasteiger partial charge is 0.378 e. The van der Waals surface area contributed by atoms with E-state index in [-0.39, 0.29) is 5.75 Å². The molecule has 0 aliphatic carbocycles. The maximum absolute atomic E-state index is 12.4. The molecule has 1 aromatic heterocycles. The number of aromatic nitrogens is 1. The third-order valence-corrected chi connectivity index (χ3v) is 4.02. The van der Waals surface area contributed by atoms with Crippen LogP contribution < -0.4 is 4.18 Å². The van der Waals surface area contributed by atoms with Crippen LogP contribution in [-0.4, -0.2) is 19.2 Å². The van der Waals surface area contributed by atoms with Crippen molar-refractivity contribution in [3.63, 3.8) is 0 Å². The lowest BCUT2D eigenvalue weighted by Crippen LogP contribution is -2.17. The van der Waals surface area contributed by atoms with E-state index >= 15 is 0 Å². The molecule has 3 aromatic rings. The van der Waals surface area contributed by atoms with E-state index < -0.39 is 15.9 Å². The molecule has 0 saturated carbocycles. The van der Waals surface area contributed by atoms with Crippen LogP contribution in [0, 0.1) is 0 Å². The number of rotatable bonds is 4. The molecule has 0 amide bonds. The lowest BCUT2D eigenvalue weighted by Gasteiger charge is -2.07. The Morgan fingerprint density at radius 2 is 1.65 bits per heavy atom. The Morgan fingerprint density at radius 3 is 2.35 bits per heavy atom. The standard InChI is InChI=1S/C16H11F2NO3S/c17-16(18)23(20,21)22-13-8-6-12-7-9-14(19-15(12)10-13)11-4-2-1-3-5-11/h1-10,16H. The molecular formula is C16H11F2NO3S. The number of fused-ring (bicyclic) bond motifs is 1. The molecule has 3 rings (SSSR count). The van der Waals surface area contributed by atoms with Gasteiger partial charge >= 0.3 is 15.9 Å². The quantitative estimate of drug-likeness (QED) is 0.680. The summed E-state index contributed by atoms with van der Waals surface area (Å²) < 4.78 is 51.4. The summed E-state index contributed by atoms with van der Waals surface area (Å²) in [6.45, 7) is 0. The number of hydrogen-bond acceptors (Lipinski definition) is 4. The van der Waals surface area contributed by atoms with E-state index in [1.54, 1.807) is 6.07 Å². The lowest BCUT2D eigenvalue weighted by atomic mass is 10.1. The summed E-state index contributed by atoms with van der Waals surface area (Å²) in [4.78, 5) is 4.42. The van der Waals surface area contributed by atoms with Crippen molar-refractivity contribution < 1.29 is 21.4 Å². The maximum atomic E-state index is 12.4. The summed E-state index contributed by atoms with van der Waals surface area (Å²) in [5, 5.41) is 0.742. The Bertz CT molecular complexity index is 944. The number of benzene rings is 2. The summed E-state index contributed by atoms with van der Waals surface area (Å²) in [6, 6.07) is 17.2. The van der Waals surface area contributed by atoms with E-state index in [2.05, 4.69) is 9.17 Å². The average molecular weight is 335 g/mol. The Hall–Kier alpha value is -2.54. The van der Waals surface area contributed by atoms with Crippen molar-refractivity contribution in [2.75, 3.05) is 0 Å². The molecule has 0 fully saturated rings. The molecule has 0 spiro atoms. The van der Waals surface area contributed by atoms with Crippen LogP contribution in [0.15, 0.2) is 60.7 Å². The predicted octanol–water partition coefficient (Wildman–Crippen LogP) is 3.83. The lowest BCUT2D eigenvalue weighted by molar-refractivity contribution is 0.219. The summed E-state index contributed by atoms with van der Waals surface area (Å²) >= 11 is 0. The highest BCUT2D eigenvalue weighted by Crippen LogP contribution is 2.25. The molecule has 118 valence electrons. The average Bonchev–Trinajstić information content (AvgIpc) is 2.54. The first-order valence-electron chi connectivity index (χ1n) is 6.63. The van der Waals surface area contributed by atoms with Crippen LogP contribution in [-0.2, 0) is 10.1 Å². The van der Waals surface area contributed by atoms with Crippen molar-refractivity contribution in [2.45, 2.75) is 5.76 Å². The van der Waals surface area contributed by atoms with Gasteiger partial charge in [-0.25, -0.2) is 4.98 Å². The third-order valence-electron chi connectivity index (χ3n) is 3.16. The zero-order valence-electron chi connectivity index (χ0n) is 11.7. The molecule has 0 aliphatic rings. The molecule has 2 aromatic carbocycles. The van der Waals surface area contributed by atoms with Gasteiger partial charge in [-0.15, -0.1) is 0 Å². The van der Waals surface area contributed by atoms with Gasteiger partial charge in [0.1, 0.15) is 5.75 Å². The van der Waals surface area contributed by atoms with Crippen LogP contribution in [0.5, 0.6) is 5.75 Å². The van der Waals surface area contributed by atoms with Crippen molar-refractivity contribution in [3.8, 4) is 17.0 Å². The number of pyridine rings is 1. The van der Waals surface area contributed by atoms with Crippen molar-refractivity contribution in [1.29, 1.82) is 0 Å². The van der Waals surface area contributed by atoms with Crippen LogP contribution in [0.4, 0.5) is 8.78 Å². The number of nitrogens with zero attached hydrogens (tertiary/aromatic N) is 1. The van der Waals surface area contributed by atoms with Gasteiger partial charge in [-0.3, -0.25) is 0 Å². The van der Waals surface area contributed by atoms with Gasteiger partial charge in [-0.05, 0) is 18.2 Å². The van der Waals surface area contributed by atoms with Crippen LogP contribution in [0.25, 0.3) is 22.2 Å². The molecule has 0 saturated heterocycles. The van der Waals surface area contributed by atoms with Crippen molar-refractivity contribution in [1.82, 2.24) is 4.98 Å². The molecule has 0 unspecified atom stereocenters.